The Labute approximate surface area is 71.9 Å². The van der Waals surface area contributed by atoms with Crippen LogP contribution in [0.25, 0.3) is 0 Å². The zero-order chi connectivity index (χ0) is 8.81. The van der Waals surface area contributed by atoms with E-state index in [4.69, 9.17) is 0 Å². The van der Waals surface area contributed by atoms with Crippen LogP contribution in [0.5, 0.6) is 0 Å². The van der Waals surface area contributed by atoms with Crippen LogP contribution in [0.15, 0.2) is 36.2 Å². The zero-order valence-corrected chi connectivity index (χ0v) is 7.07. The van der Waals surface area contributed by atoms with Crippen molar-refractivity contribution in [1.29, 1.82) is 0 Å². The monoisotopic (exact) mass is 161 g/mol. The quantitative estimate of drug-likeness (QED) is 0.629. The van der Waals surface area contributed by atoms with Crippen molar-refractivity contribution in [3.63, 3.8) is 0 Å². The number of nitrogens with zero attached hydrogens (tertiary/aromatic N) is 3. The average Bonchev–Trinajstić information content (AvgIpc) is 2.15. The first-order valence-electron chi connectivity index (χ1n) is 3.81. The highest BCUT2D eigenvalue weighted by molar-refractivity contribution is 6.06. The van der Waals surface area contributed by atoms with Crippen molar-refractivity contribution in [2.24, 2.45) is 4.99 Å². The first-order chi connectivity index (χ1) is 5.88. The van der Waals surface area contributed by atoms with Crippen LogP contribution in [0.2, 0.25) is 0 Å². The van der Waals surface area contributed by atoms with Crippen molar-refractivity contribution in [3.05, 3.63) is 36.9 Å². The minimum atomic E-state index is 0.734. The smallest absolute Gasteiger partial charge is 0.106 e. The Balaban J connectivity index is 2.96. The second kappa shape index (κ2) is 4.38. The van der Waals surface area contributed by atoms with Crippen LogP contribution >= 0.6 is 0 Å². The maximum atomic E-state index is 4.21. The molecule has 62 valence electrons. The molecule has 0 fully saturated rings. The lowest BCUT2D eigenvalue weighted by molar-refractivity contribution is 1.11. The summed E-state index contributed by atoms with van der Waals surface area (Å²) in [5.41, 5.74) is 1.57. The minimum absolute atomic E-state index is 0.734. The van der Waals surface area contributed by atoms with E-state index in [-0.39, 0.29) is 0 Å². The molecule has 0 saturated carbocycles. The number of aliphatic imine (C=N–C) groups is 1. The molecular weight excluding hydrogens is 150 g/mol. The predicted molar refractivity (Wildman–Crippen MR) is 49.3 cm³/mol. The fraction of sp³-hybridized carbons (Fsp3) is 0.222. The van der Waals surface area contributed by atoms with Crippen LogP contribution in [0, 0.1) is 0 Å². The third kappa shape index (κ3) is 1.99. The first-order valence-corrected chi connectivity index (χ1v) is 3.81. The molecule has 0 aliphatic rings. The molecule has 0 radical (unpaired) electrons. The lowest BCUT2D eigenvalue weighted by Crippen LogP contribution is -2.00. The largest absolute Gasteiger partial charge is 0.283 e. The number of allylic oxidation sites excluding steroid dienone is 1. The van der Waals surface area contributed by atoms with E-state index in [1.54, 1.807) is 24.7 Å². The summed E-state index contributed by atoms with van der Waals surface area (Å²) in [6.45, 7) is 6.36. The number of aromatic nitrogens is 2. The SMILES string of the molecule is C=CC(=NCC)c1cnccn1. The summed E-state index contributed by atoms with van der Waals surface area (Å²) in [6, 6.07) is 0. The molecule has 3 nitrogen and oxygen atoms in total. The maximum absolute atomic E-state index is 4.21. The molecule has 0 N–H and O–H groups in total. The van der Waals surface area contributed by atoms with E-state index in [1.165, 1.54) is 0 Å². The van der Waals surface area contributed by atoms with Gasteiger partial charge in [0.1, 0.15) is 5.69 Å². The standard InChI is InChI=1S/C9H11N3/c1-3-8(11-4-2)9-7-10-5-6-12-9/h3,5-7H,1,4H2,2H3. The Kier molecular flexibility index (Phi) is 3.14. The van der Waals surface area contributed by atoms with E-state index in [2.05, 4.69) is 21.5 Å². The molecular formula is C9H11N3. The molecule has 0 atom stereocenters. The van der Waals surface area contributed by atoms with Crippen LogP contribution in [0.4, 0.5) is 0 Å². The Morgan fingerprint density at radius 2 is 2.50 bits per heavy atom. The molecule has 0 aliphatic carbocycles. The van der Waals surface area contributed by atoms with Crippen molar-refractivity contribution in [1.82, 2.24) is 9.97 Å². The summed E-state index contributed by atoms with van der Waals surface area (Å²) in [6.07, 6.45) is 6.64. The molecule has 0 aliphatic heterocycles. The van der Waals surface area contributed by atoms with Gasteiger partial charge < -0.3 is 0 Å². The lowest BCUT2D eigenvalue weighted by atomic mass is 10.3. The van der Waals surface area contributed by atoms with Gasteiger partial charge in [-0.1, -0.05) is 6.58 Å². The maximum Gasteiger partial charge on any atom is 0.106 e. The van der Waals surface area contributed by atoms with Gasteiger partial charge in [0.25, 0.3) is 0 Å². The van der Waals surface area contributed by atoms with Crippen molar-refractivity contribution in [2.75, 3.05) is 6.54 Å². The molecule has 0 saturated heterocycles. The Hall–Kier alpha value is -1.51. The molecule has 1 aromatic heterocycles. The Bertz CT molecular complexity index is 277. The second-order valence-corrected chi connectivity index (χ2v) is 2.15. The number of rotatable bonds is 3. The molecule has 12 heavy (non-hydrogen) atoms. The summed E-state index contributed by atoms with van der Waals surface area (Å²) in [5.74, 6) is 0. The molecule has 0 spiro atoms. The van der Waals surface area contributed by atoms with Gasteiger partial charge in [0.15, 0.2) is 0 Å². The van der Waals surface area contributed by atoms with Gasteiger partial charge in [0.05, 0.1) is 11.9 Å². The summed E-state index contributed by atoms with van der Waals surface area (Å²) in [5, 5.41) is 0. The molecule has 0 bridgehead atoms. The molecule has 1 rings (SSSR count). The van der Waals surface area contributed by atoms with Crippen LogP contribution in [-0.4, -0.2) is 22.2 Å². The van der Waals surface area contributed by atoms with E-state index >= 15 is 0 Å². The van der Waals surface area contributed by atoms with Crippen LogP contribution < -0.4 is 0 Å². The van der Waals surface area contributed by atoms with Crippen LogP contribution in [0.3, 0.4) is 0 Å². The van der Waals surface area contributed by atoms with Gasteiger partial charge >= 0.3 is 0 Å². The highest BCUT2D eigenvalue weighted by Gasteiger charge is 1.97. The Morgan fingerprint density at radius 1 is 1.67 bits per heavy atom. The van der Waals surface area contributed by atoms with Gasteiger partial charge in [0.2, 0.25) is 0 Å². The highest BCUT2D eigenvalue weighted by Crippen LogP contribution is 1.95. The zero-order valence-electron chi connectivity index (χ0n) is 7.07. The third-order valence-corrected chi connectivity index (χ3v) is 1.35. The first kappa shape index (κ1) is 8.59. The number of hydrogen-bond donors (Lipinski definition) is 0. The summed E-state index contributed by atoms with van der Waals surface area (Å²) in [4.78, 5) is 12.3. The summed E-state index contributed by atoms with van der Waals surface area (Å²) >= 11 is 0. The fourth-order valence-electron chi connectivity index (χ4n) is 0.852. The van der Waals surface area contributed by atoms with Crippen molar-refractivity contribution in [2.45, 2.75) is 6.92 Å². The van der Waals surface area contributed by atoms with E-state index in [9.17, 15) is 0 Å². The van der Waals surface area contributed by atoms with Crippen LogP contribution in [-0.2, 0) is 0 Å². The molecule has 0 amide bonds. The van der Waals surface area contributed by atoms with Crippen molar-refractivity contribution >= 4 is 5.71 Å². The average molecular weight is 161 g/mol. The van der Waals surface area contributed by atoms with E-state index < -0.39 is 0 Å². The van der Waals surface area contributed by atoms with E-state index in [1.807, 2.05) is 6.92 Å². The summed E-state index contributed by atoms with van der Waals surface area (Å²) < 4.78 is 0. The van der Waals surface area contributed by atoms with E-state index in [0.29, 0.717) is 0 Å². The van der Waals surface area contributed by atoms with Crippen molar-refractivity contribution < 1.29 is 0 Å². The van der Waals surface area contributed by atoms with Gasteiger partial charge in [-0.2, -0.15) is 0 Å². The Morgan fingerprint density at radius 3 is 3.00 bits per heavy atom. The predicted octanol–water partition coefficient (Wildman–Crippen LogP) is 1.47. The van der Waals surface area contributed by atoms with Crippen LogP contribution in [0.1, 0.15) is 12.6 Å². The topological polar surface area (TPSA) is 38.1 Å². The molecule has 1 heterocycles. The van der Waals surface area contributed by atoms with Gasteiger partial charge in [0, 0.05) is 18.9 Å². The highest BCUT2D eigenvalue weighted by atomic mass is 14.8. The molecule has 1 aromatic rings. The number of hydrogen-bond acceptors (Lipinski definition) is 3. The third-order valence-electron chi connectivity index (χ3n) is 1.35. The van der Waals surface area contributed by atoms with Gasteiger partial charge in [-0.25, -0.2) is 0 Å². The summed E-state index contributed by atoms with van der Waals surface area (Å²) in [7, 11) is 0. The molecule has 0 unspecified atom stereocenters. The lowest BCUT2D eigenvalue weighted by Gasteiger charge is -1.97. The van der Waals surface area contributed by atoms with Gasteiger partial charge in [-0.05, 0) is 13.0 Å². The van der Waals surface area contributed by atoms with Crippen molar-refractivity contribution in [3.8, 4) is 0 Å². The molecule has 3 heteroatoms. The van der Waals surface area contributed by atoms with Gasteiger partial charge in [-0.15, -0.1) is 0 Å². The second-order valence-electron chi connectivity index (χ2n) is 2.15. The minimum Gasteiger partial charge on any atom is -0.283 e. The normalized spacial score (nSPS) is 11.2. The van der Waals surface area contributed by atoms with Gasteiger partial charge in [-0.3, -0.25) is 15.0 Å². The van der Waals surface area contributed by atoms with E-state index in [0.717, 1.165) is 18.0 Å². The molecule has 0 aromatic carbocycles. The fourth-order valence-corrected chi connectivity index (χ4v) is 0.852.